The number of nitrogens with zero attached hydrogens (tertiary/aromatic N) is 2. The van der Waals surface area contributed by atoms with Crippen LogP contribution in [0.15, 0.2) is 30.3 Å². The minimum atomic E-state index is -0.316. The molecule has 1 aromatic carbocycles. The Bertz CT molecular complexity index is 665. The number of hydrogen-bond acceptors (Lipinski definition) is 3. The molecule has 1 aliphatic carbocycles. The van der Waals surface area contributed by atoms with Gasteiger partial charge in [-0.3, -0.25) is 9.59 Å². The third-order valence-corrected chi connectivity index (χ3v) is 6.38. The van der Waals surface area contributed by atoms with Gasteiger partial charge in [-0.15, -0.1) is 0 Å². The normalized spacial score (nSPS) is 22.1. The molecule has 5 heteroatoms. The fraction of sp³-hybridized carbons (Fsp3) is 0.636. The number of ether oxygens (including phenoxy) is 1. The quantitative estimate of drug-likeness (QED) is 0.742. The molecule has 2 saturated heterocycles. The molecule has 0 radical (unpaired) electrons. The summed E-state index contributed by atoms with van der Waals surface area (Å²) in [6, 6.07) is 10.5. The summed E-state index contributed by atoms with van der Waals surface area (Å²) < 4.78 is 5.52. The van der Waals surface area contributed by atoms with Crippen LogP contribution >= 0.6 is 0 Å². The second kappa shape index (κ2) is 8.01. The van der Waals surface area contributed by atoms with Crippen LogP contribution in [0.1, 0.15) is 50.5 Å². The van der Waals surface area contributed by atoms with Gasteiger partial charge in [0.15, 0.2) is 0 Å². The van der Waals surface area contributed by atoms with Crippen LogP contribution in [-0.4, -0.2) is 60.5 Å². The van der Waals surface area contributed by atoms with Gasteiger partial charge in [0.05, 0.1) is 5.41 Å². The molecule has 1 aromatic rings. The molecule has 2 heterocycles. The summed E-state index contributed by atoms with van der Waals surface area (Å²) in [5, 5.41) is 0. The zero-order valence-electron chi connectivity index (χ0n) is 16.1. The van der Waals surface area contributed by atoms with Crippen molar-refractivity contribution in [2.75, 3.05) is 32.8 Å². The van der Waals surface area contributed by atoms with Gasteiger partial charge in [0.1, 0.15) is 0 Å². The fourth-order valence-electron chi connectivity index (χ4n) is 4.60. The lowest BCUT2D eigenvalue weighted by molar-refractivity contribution is -0.138. The molecule has 3 aliphatic rings. The van der Waals surface area contributed by atoms with Crippen molar-refractivity contribution in [2.45, 2.75) is 56.4 Å². The molecule has 0 spiro atoms. The van der Waals surface area contributed by atoms with E-state index in [1.54, 1.807) is 0 Å². The van der Waals surface area contributed by atoms with E-state index >= 15 is 0 Å². The van der Waals surface area contributed by atoms with Crippen LogP contribution in [0.3, 0.4) is 0 Å². The zero-order chi connectivity index (χ0) is 18.7. The maximum Gasteiger partial charge on any atom is 0.233 e. The maximum absolute atomic E-state index is 13.6. The van der Waals surface area contributed by atoms with Crippen LogP contribution in [0.2, 0.25) is 0 Å². The number of likely N-dealkylation sites (tertiary alicyclic amines) is 1. The topological polar surface area (TPSA) is 49.9 Å². The van der Waals surface area contributed by atoms with Crippen molar-refractivity contribution in [3.63, 3.8) is 0 Å². The van der Waals surface area contributed by atoms with Gasteiger partial charge >= 0.3 is 0 Å². The SMILES string of the molecule is O=C1CCCN1CCCN(C(=O)C1(c2ccccc2)CC1)C1CCOCC1. The summed E-state index contributed by atoms with van der Waals surface area (Å²) in [5.41, 5.74) is 0.838. The first-order chi connectivity index (χ1) is 13.2. The van der Waals surface area contributed by atoms with E-state index in [9.17, 15) is 9.59 Å². The van der Waals surface area contributed by atoms with E-state index in [1.807, 2.05) is 23.1 Å². The van der Waals surface area contributed by atoms with E-state index in [4.69, 9.17) is 4.74 Å². The molecule has 0 aromatic heterocycles. The van der Waals surface area contributed by atoms with Crippen molar-refractivity contribution in [2.24, 2.45) is 0 Å². The first kappa shape index (κ1) is 18.5. The lowest BCUT2D eigenvalue weighted by Gasteiger charge is -2.37. The van der Waals surface area contributed by atoms with E-state index < -0.39 is 0 Å². The molecule has 5 nitrogen and oxygen atoms in total. The minimum Gasteiger partial charge on any atom is -0.381 e. The van der Waals surface area contributed by atoms with Crippen molar-refractivity contribution >= 4 is 11.8 Å². The Balaban J connectivity index is 1.46. The molecule has 1 saturated carbocycles. The number of hydrogen-bond donors (Lipinski definition) is 0. The lowest BCUT2D eigenvalue weighted by Crippen LogP contribution is -2.48. The Kier molecular flexibility index (Phi) is 5.48. The molecule has 0 atom stereocenters. The number of benzene rings is 1. The van der Waals surface area contributed by atoms with Crippen LogP contribution < -0.4 is 0 Å². The Morgan fingerprint density at radius 3 is 2.56 bits per heavy atom. The monoisotopic (exact) mass is 370 g/mol. The second-order valence-corrected chi connectivity index (χ2v) is 8.13. The van der Waals surface area contributed by atoms with E-state index in [2.05, 4.69) is 17.0 Å². The van der Waals surface area contributed by atoms with E-state index in [0.717, 1.165) is 76.9 Å². The maximum atomic E-state index is 13.6. The van der Waals surface area contributed by atoms with Crippen LogP contribution in [-0.2, 0) is 19.7 Å². The Hall–Kier alpha value is -1.88. The van der Waals surface area contributed by atoms with Gasteiger partial charge < -0.3 is 14.5 Å². The second-order valence-electron chi connectivity index (χ2n) is 8.13. The smallest absolute Gasteiger partial charge is 0.233 e. The average Bonchev–Trinajstić information content (AvgIpc) is 3.43. The molecule has 27 heavy (non-hydrogen) atoms. The van der Waals surface area contributed by atoms with Crippen LogP contribution in [0.5, 0.6) is 0 Å². The van der Waals surface area contributed by atoms with Gasteiger partial charge in [0.25, 0.3) is 0 Å². The standard InChI is InChI=1S/C22H30N2O3/c25-20-8-4-13-23(20)14-5-15-24(19-9-16-27-17-10-19)21(26)22(11-12-22)18-6-2-1-3-7-18/h1-3,6-7,19H,4-5,8-17H2. The highest BCUT2D eigenvalue weighted by Gasteiger charge is 2.53. The highest BCUT2D eigenvalue weighted by atomic mass is 16.5. The largest absolute Gasteiger partial charge is 0.381 e. The Morgan fingerprint density at radius 1 is 1.19 bits per heavy atom. The van der Waals surface area contributed by atoms with Crippen molar-refractivity contribution in [3.05, 3.63) is 35.9 Å². The van der Waals surface area contributed by atoms with Crippen LogP contribution in [0, 0.1) is 0 Å². The van der Waals surface area contributed by atoms with Gasteiger partial charge in [-0.05, 0) is 44.1 Å². The molecular formula is C22H30N2O3. The molecule has 146 valence electrons. The van der Waals surface area contributed by atoms with Gasteiger partial charge in [-0.1, -0.05) is 30.3 Å². The van der Waals surface area contributed by atoms with Crippen molar-refractivity contribution in [1.29, 1.82) is 0 Å². The van der Waals surface area contributed by atoms with Crippen LogP contribution in [0.25, 0.3) is 0 Å². The Morgan fingerprint density at radius 2 is 1.93 bits per heavy atom. The van der Waals surface area contributed by atoms with Crippen molar-refractivity contribution < 1.29 is 14.3 Å². The van der Waals surface area contributed by atoms with Gasteiger partial charge in [0, 0.05) is 45.3 Å². The summed E-state index contributed by atoms with van der Waals surface area (Å²) in [4.78, 5) is 29.6. The summed E-state index contributed by atoms with van der Waals surface area (Å²) in [6.45, 7) is 3.85. The summed E-state index contributed by atoms with van der Waals surface area (Å²) in [5.74, 6) is 0.551. The zero-order valence-corrected chi connectivity index (χ0v) is 16.1. The molecule has 0 N–H and O–H groups in total. The van der Waals surface area contributed by atoms with Gasteiger partial charge in [-0.25, -0.2) is 0 Å². The molecular weight excluding hydrogens is 340 g/mol. The number of carbonyl (C=O) groups is 2. The third kappa shape index (κ3) is 3.88. The van der Waals surface area contributed by atoms with Crippen LogP contribution in [0.4, 0.5) is 0 Å². The number of amides is 2. The fourth-order valence-corrected chi connectivity index (χ4v) is 4.60. The molecule has 4 rings (SSSR count). The third-order valence-electron chi connectivity index (χ3n) is 6.38. The van der Waals surface area contributed by atoms with Gasteiger partial charge in [0.2, 0.25) is 11.8 Å². The minimum absolute atomic E-state index is 0.265. The number of carbonyl (C=O) groups excluding carboxylic acids is 2. The van der Waals surface area contributed by atoms with E-state index in [1.165, 1.54) is 0 Å². The molecule has 0 bridgehead atoms. The molecule has 3 fully saturated rings. The average molecular weight is 370 g/mol. The predicted octanol–water partition coefficient (Wildman–Crippen LogP) is 2.74. The summed E-state index contributed by atoms with van der Waals surface area (Å²) in [6.07, 6.45) is 6.23. The molecule has 2 amide bonds. The predicted molar refractivity (Wildman–Crippen MR) is 103 cm³/mol. The highest BCUT2D eigenvalue weighted by molar-refractivity contribution is 5.91. The van der Waals surface area contributed by atoms with Crippen molar-refractivity contribution in [1.82, 2.24) is 9.80 Å². The number of rotatable bonds is 7. The first-order valence-corrected chi connectivity index (χ1v) is 10.4. The molecule has 2 aliphatic heterocycles. The first-order valence-electron chi connectivity index (χ1n) is 10.4. The summed E-state index contributed by atoms with van der Waals surface area (Å²) >= 11 is 0. The highest BCUT2D eigenvalue weighted by Crippen LogP contribution is 2.50. The summed E-state index contributed by atoms with van der Waals surface area (Å²) in [7, 11) is 0. The van der Waals surface area contributed by atoms with Gasteiger partial charge in [-0.2, -0.15) is 0 Å². The Labute approximate surface area is 161 Å². The van der Waals surface area contributed by atoms with Crippen molar-refractivity contribution in [3.8, 4) is 0 Å². The molecule has 0 unspecified atom stereocenters. The lowest BCUT2D eigenvalue weighted by atomic mass is 9.92. The van der Waals surface area contributed by atoms with E-state index in [-0.39, 0.29) is 23.3 Å². The van der Waals surface area contributed by atoms with E-state index in [0.29, 0.717) is 6.42 Å².